The molecule has 1 aliphatic heterocycles. The second kappa shape index (κ2) is 7.04. The number of hydrogen-bond acceptors (Lipinski definition) is 4. The zero-order valence-corrected chi connectivity index (χ0v) is 13.3. The number of ether oxygens (including phenoxy) is 2. The third-order valence-corrected chi connectivity index (χ3v) is 3.63. The predicted molar refractivity (Wildman–Crippen MR) is 89.6 cm³/mol. The maximum atomic E-state index is 12.2. The van der Waals surface area contributed by atoms with Crippen molar-refractivity contribution >= 4 is 17.5 Å². The summed E-state index contributed by atoms with van der Waals surface area (Å²) in [6, 6.07) is 12.2. The number of amides is 2. The van der Waals surface area contributed by atoms with E-state index < -0.39 is 0 Å². The summed E-state index contributed by atoms with van der Waals surface area (Å²) in [4.78, 5) is 23.6. The summed E-state index contributed by atoms with van der Waals surface area (Å²) in [7, 11) is 1.57. The van der Waals surface area contributed by atoms with E-state index in [1.54, 1.807) is 31.3 Å². The molecule has 1 heterocycles. The first-order chi connectivity index (χ1) is 11.7. The molecule has 0 aliphatic carbocycles. The zero-order valence-electron chi connectivity index (χ0n) is 13.3. The van der Waals surface area contributed by atoms with E-state index in [1.165, 1.54) is 0 Å². The van der Waals surface area contributed by atoms with Crippen molar-refractivity contribution in [3.63, 3.8) is 0 Å². The molecule has 0 radical (unpaired) electrons. The normalized spacial score (nSPS) is 12.4. The van der Waals surface area contributed by atoms with Crippen molar-refractivity contribution in [3.8, 4) is 11.5 Å². The van der Waals surface area contributed by atoms with Crippen molar-refractivity contribution < 1.29 is 19.1 Å². The molecule has 0 spiro atoms. The molecule has 3 rings (SSSR count). The Morgan fingerprint density at radius 1 is 1.00 bits per heavy atom. The Morgan fingerprint density at radius 2 is 1.71 bits per heavy atom. The van der Waals surface area contributed by atoms with Crippen LogP contribution in [0.5, 0.6) is 11.5 Å². The number of nitrogens with one attached hydrogen (secondary N) is 2. The highest BCUT2D eigenvalue weighted by atomic mass is 16.6. The maximum Gasteiger partial charge on any atom is 0.251 e. The first-order valence-corrected chi connectivity index (χ1v) is 7.66. The highest BCUT2D eigenvalue weighted by molar-refractivity contribution is 5.96. The minimum Gasteiger partial charge on any atom is -0.486 e. The highest BCUT2D eigenvalue weighted by Crippen LogP contribution is 2.30. The molecule has 2 aromatic rings. The van der Waals surface area contributed by atoms with Gasteiger partial charge in [0.05, 0.1) is 6.42 Å². The number of carbonyl (C=O) groups excluding carboxylic acids is 2. The Labute approximate surface area is 139 Å². The van der Waals surface area contributed by atoms with Crippen molar-refractivity contribution in [2.45, 2.75) is 6.42 Å². The second-order valence-corrected chi connectivity index (χ2v) is 5.36. The van der Waals surface area contributed by atoms with Gasteiger partial charge < -0.3 is 20.1 Å². The number of anilines is 1. The van der Waals surface area contributed by atoms with Gasteiger partial charge in [-0.2, -0.15) is 0 Å². The summed E-state index contributed by atoms with van der Waals surface area (Å²) in [6.45, 7) is 1.05. The maximum absolute atomic E-state index is 12.2. The van der Waals surface area contributed by atoms with Crippen molar-refractivity contribution in [2.75, 3.05) is 25.6 Å². The molecule has 0 atom stereocenters. The minimum absolute atomic E-state index is 0.139. The summed E-state index contributed by atoms with van der Waals surface area (Å²) in [5.41, 5.74) is 2.03. The lowest BCUT2D eigenvalue weighted by molar-refractivity contribution is -0.115. The SMILES string of the molecule is CNC(=O)c1ccc(NC(=O)Cc2ccc3c(c2)OCCO3)cc1. The Bertz CT molecular complexity index is 756. The Hall–Kier alpha value is -3.02. The fourth-order valence-electron chi connectivity index (χ4n) is 2.44. The van der Waals surface area contributed by atoms with Crippen LogP contribution in [0.4, 0.5) is 5.69 Å². The number of fused-ring (bicyclic) bond motifs is 1. The van der Waals surface area contributed by atoms with Crippen LogP contribution in [0.1, 0.15) is 15.9 Å². The molecular formula is C18H18N2O4. The van der Waals surface area contributed by atoms with Gasteiger partial charge in [0.15, 0.2) is 11.5 Å². The molecule has 0 bridgehead atoms. The second-order valence-electron chi connectivity index (χ2n) is 5.36. The van der Waals surface area contributed by atoms with Gasteiger partial charge in [-0.1, -0.05) is 6.07 Å². The third-order valence-electron chi connectivity index (χ3n) is 3.63. The zero-order chi connectivity index (χ0) is 16.9. The number of benzene rings is 2. The summed E-state index contributed by atoms with van der Waals surface area (Å²) in [5, 5.41) is 5.36. The van der Waals surface area contributed by atoms with E-state index in [0.29, 0.717) is 36.0 Å². The van der Waals surface area contributed by atoms with Gasteiger partial charge in [0.25, 0.3) is 5.91 Å². The topological polar surface area (TPSA) is 76.7 Å². The molecule has 24 heavy (non-hydrogen) atoms. The molecule has 0 fully saturated rings. The predicted octanol–water partition coefficient (Wildman–Crippen LogP) is 2.00. The first-order valence-electron chi connectivity index (χ1n) is 7.66. The van der Waals surface area contributed by atoms with Gasteiger partial charge in [0, 0.05) is 18.3 Å². The van der Waals surface area contributed by atoms with E-state index in [2.05, 4.69) is 10.6 Å². The van der Waals surface area contributed by atoms with E-state index in [9.17, 15) is 9.59 Å². The van der Waals surface area contributed by atoms with Gasteiger partial charge >= 0.3 is 0 Å². The largest absolute Gasteiger partial charge is 0.486 e. The lowest BCUT2D eigenvalue weighted by Crippen LogP contribution is -2.18. The molecule has 6 heteroatoms. The molecule has 1 aliphatic rings. The van der Waals surface area contributed by atoms with Crippen molar-refractivity contribution in [1.29, 1.82) is 0 Å². The Balaban J connectivity index is 1.62. The van der Waals surface area contributed by atoms with E-state index in [0.717, 1.165) is 5.56 Å². The molecule has 6 nitrogen and oxygen atoms in total. The fourth-order valence-corrected chi connectivity index (χ4v) is 2.44. The van der Waals surface area contributed by atoms with E-state index in [-0.39, 0.29) is 18.2 Å². The van der Waals surface area contributed by atoms with Crippen LogP contribution in [0.2, 0.25) is 0 Å². The molecule has 2 N–H and O–H groups in total. The standard InChI is InChI=1S/C18H18N2O4/c1-19-18(22)13-3-5-14(6-4-13)20-17(21)11-12-2-7-15-16(10-12)24-9-8-23-15/h2-7,10H,8-9,11H2,1H3,(H,19,22)(H,20,21). The molecule has 2 amide bonds. The lowest BCUT2D eigenvalue weighted by Gasteiger charge is -2.18. The lowest BCUT2D eigenvalue weighted by atomic mass is 10.1. The van der Waals surface area contributed by atoms with Crippen LogP contribution in [0.3, 0.4) is 0 Å². The smallest absolute Gasteiger partial charge is 0.251 e. The third kappa shape index (κ3) is 3.65. The molecule has 0 aromatic heterocycles. The van der Waals surface area contributed by atoms with Gasteiger partial charge in [-0.25, -0.2) is 0 Å². The van der Waals surface area contributed by atoms with Crippen molar-refractivity contribution in [3.05, 3.63) is 53.6 Å². The monoisotopic (exact) mass is 326 g/mol. The van der Waals surface area contributed by atoms with Gasteiger partial charge in [0.1, 0.15) is 13.2 Å². The summed E-state index contributed by atoms with van der Waals surface area (Å²) < 4.78 is 11.0. The molecule has 2 aromatic carbocycles. The van der Waals surface area contributed by atoms with Crippen LogP contribution < -0.4 is 20.1 Å². The van der Waals surface area contributed by atoms with Crippen molar-refractivity contribution in [2.24, 2.45) is 0 Å². The summed E-state index contributed by atoms with van der Waals surface area (Å²) in [6.07, 6.45) is 0.230. The average molecular weight is 326 g/mol. The Morgan fingerprint density at radius 3 is 2.42 bits per heavy atom. The summed E-state index contributed by atoms with van der Waals surface area (Å²) >= 11 is 0. The molecular weight excluding hydrogens is 308 g/mol. The van der Waals surface area contributed by atoms with Crippen LogP contribution >= 0.6 is 0 Å². The highest BCUT2D eigenvalue weighted by Gasteiger charge is 2.13. The minimum atomic E-state index is -0.163. The average Bonchev–Trinajstić information content (AvgIpc) is 2.61. The van der Waals surface area contributed by atoms with Crippen LogP contribution in [0.25, 0.3) is 0 Å². The van der Waals surface area contributed by atoms with Crippen LogP contribution in [0.15, 0.2) is 42.5 Å². The van der Waals surface area contributed by atoms with Gasteiger partial charge in [-0.3, -0.25) is 9.59 Å². The molecule has 0 saturated carbocycles. The molecule has 0 unspecified atom stereocenters. The van der Waals surface area contributed by atoms with E-state index in [1.807, 2.05) is 18.2 Å². The van der Waals surface area contributed by atoms with Gasteiger partial charge in [0.2, 0.25) is 5.91 Å². The van der Waals surface area contributed by atoms with Crippen molar-refractivity contribution in [1.82, 2.24) is 5.32 Å². The van der Waals surface area contributed by atoms with Crippen LogP contribution in [-0.2, 0) is 11.2 Å². The Kier molecular flexibility index (Phi) is 4.65. The van der Waals surface area contributed by atoms with Crippen LogP contribution in [0, 0.1) is 0 Å². The fraction of sp³-hybridized carbons (Fsp3) is 0.222. The number of carbonyl (C=O) groups is 2. The molecule has 0 saturated heterocycles. The number of rotatable bonds is 4. The molecule has 124 valence electrons. The van der Waals surface area contributed by atoms with Crippen LogP contribution in [-0.4, -0.2) is 32.1 Å². The van der Waals surface area contributed by atoms with E-state index >= 15 is 0 Å². The van der Waals surface area contributed by atoms with Gasteiger partial charge in [-0.15, -0.1) is 0 Å². The summed E-state index contributed by atoms with van der Waals surface area (Å²) in [5.74, 6) is 1.07. The van der Waals surface area contributed by atoms with Gasteiger partial charge in [-0.05, 0) is 42.0 Å². The first kappa shape index (κ1) is 15.9. The van der Waals surface area contributed by atoms with E-state index in [4.69, 9.17) is 9.47 Å². The quantitative estimate of drug-likeness (QED) is 0.901. The number of hydrogen-bond donors (Lipinski definition) is 2.